The third kappa shape index (κ3) is 5.11. The van der Waals surface area contributed by atoms with E-state index in [0.717, 1.165) is 39.1 Å². The van der Waals surface area contributed by atoms with Crippen LogP contribution in [0.5, 0.6) is 0 Å². The number of carbonyl (C=O) groups is 1. The average Bonchev–Trinajstić information content (AvgIpc) is 3.19. The van der Waals surface area contributed by atoms with Crippen LogP contribution in [0.4, 0.5) is 5.69 Å². The molecule has 2 aromatic rings. The van der Waals surface area contributed by atoms with E-state index in [0.29, 0.717) is 12.5 Å². The number of thiophene rings is 1. The number of fused-ring (bicyclic) bond motifs is 1. The van der Waals surface area contributed by atoms with Crippen LogP contribution < -0.4 is 15.6 Å². The van der Waals surface area contributed by atoms with Crippen molar-refractivity contribution in [3.05, 3.63) is 41.4 Å². The van der Waals surface area contributed by atoms with Crippen molar-refractivity contribution in [2.75, 3.05) is 51.3 Å². The molecule has 28 heavy (non-hydrogen) atoms. The minimum Gasteiger partial charge on any atom is -0.445 e. The predicted octanol–water partition coefficient (Wildman–Crippen LogP) is 0.971. The summed E-state index contributed by atoms with van der Waals surface area (Å²) in [5.74, 6) is 0.369. The predicted molar refractivity (Wildman–Crippen MR) is 116 cm³/mol. The highest BCUT2D eigenvalue weighted by Gasteiger charge is 2.18. The van der Waals surface area contributed by atoms with Crippen molar-refractivity contribution in [1.29, 1.82) is 0 Å². The fourth-order valence-corrected chi connectivity index (χ4v) is 4.17. The quantitative estimate of drug-likeness (QED) is 0.313. The molecule has 7 heteroatoms. The minimum atomic E-state index is -0.160. The summed E-state index contributed by atoms with van der Waals surface area (Å²) in [5, 5.41) is 3.53. The molecule has 1 saturated heterocycles. The molecule has 3 rings (SSSR count). The highest BCUT2D eigenvalue weighted by atomic mass is 32.1. The zero-order valence-electron chi connectivity index (χ0n) is 16.6. The molecule has 1 aromatic heterocycles. The Bertz CT molecular complexity index is 866. The van der Waals surface area contributed by atoms with Gasteiger partial charge in [-0.1, -0.05) is 6.07 Å². The number of ether oxygens (including phenoxy) is 1. The number of ketones is 1. The van der Waals surface area contributed by atoms with Gasteiger partial charge in [0, 0.05) is 55.4 Å². The molecule has 0 spiro atoms. The minimum absolute atomic E-state index is 0.160. The molecule has 0 atom stereocenters. The molecule has 3 N–H and O–H groups in total. The second-order valence-corrected chi connectivity index (χ2v) is 7.86. The summed E-state index contributed by atoms with van der Waals surface area (Å²) in [5.41, 5.74) is 7.21. The normalized spacial score (nSPS) is 16.6. The van der Waals surface area contributed by atoms with Gasteiger partial charge >= 0.3 is 5.90 Å². The first-order valence-corrected chi connectivity index (χ1v) is 10.6. The molecule has 0 saturated carbocycles. The number of nitrogens with one attached hydrogen (secondary N) is 1. The number of hydrogen-bond acceptors (Lipinski definition) is 6. The molecule has 1 aliphatic rings. The standard InChI is InChI=1S/C21H28N4O2S/c1-16(26)18(22)15-21(23-2)27-13-4-8-24-9-11-25(12-10-24)19-5-3-6-20-17(19)7-14-28-20/h3,5-7,14-15H,4,8-13,22H2,1-2H3/p+1. The van der Waals surface area contributed by atoms with E-state index in [1.165, 1.54) is 22.7 Å². The van der Waals surface area contributed by atoms with E-state index in [4.69, 9.17) is 10.5 Å². The number of anilines is 1. The van der Waals surface area contributed by atoms with Gasteiger partial charge in [-0.3, -0.25) is 9.69 Å². The maximum atomic E-state index is 11.2. The summed E-state index contributed by atoms with van der Waals surface area (Å²) in [4.78, 5) is 19.1. The summed E-state index contributed by atoms with van der Waals surface area (Å²) < 4.78 is 7.05. The van der Waals surface area contributed by atoms with Gasteiger partial charge < -0.3 is 15.4 Å². The molecule has 0 aliphatic carbocycles. The average molecular weight is 402 g/mol. The van der Waals surface area contributed by atoms with Gasteiger partial charge in [0.05, 0.1) is 18.4 Å². The molecule has 1 fully saturated rings. The van der Waals surface area contributed by atoms with Crippen molar-refractivity contribution in [3.63, 3.8) is 0 Å². The van der Waals surface area contributed by atoms with E-state index in [1.807, 2.05) is 0 Å². The fraction of sp³-hybridized carbons (Fsp3) is 0.429. The zero-order valence-corrected chi connectivity index (χ0v) is 17.4. The number of carbonyl (C=O) groups excluding carboxylic acids is 1. The smallest absolute Gasteiger partial charge is 0.362 e. The lowest BCUT2D eigenvalue weighted by atomic mass is 10.2. The molecule has 0 amide bonds. The number of allylic oxidation sites excluding steroid dienone is 1. The van der Waals surface area contributed by atoms with Crippen molar-refractivity contribution < 1.29 is 14.5 Å². The van der Waals surface area contributed by atoms with E-state index in [9.17, 15) is 4.79 Å². The number of Topliss-reactive ketones (excluding diaryl/α,β-unsaturated/α-hetero) is 1. The number of rotatable bonds is 7. The van der Waals surface area contributed by atoms with Crippen LogP contribution in [0, 0.1) is 0 Å². The Balaban J connectivity index is 1.42. The first kappa shape index (κ1) is 20.4. The van der Waals surface area contributed by atoms with Gasteiger partial charge in [-0.05, 0) is 30.0 Å². The number of piperazine rings is 1. The van der Waals surface area contributed by atoms with Crippen molar-refractivity contribution in [2.24, 2.45) is 5.73 Å². The van der Waals surface area contributed by atoms with Gasteiger partial charge in [0.2, 0.25) is 0 Å². The van der Waals surface area contributed by atoms with Crippen LogP contribution in [0.15, 0.2) is 41.4 Å². The Morgan fingerprint density at radius 2 is 2.07 bits per heavy atom. The van der Waals surface area contributed by atoms with Crippen molar-refractivity contribution in [2.45, 2.75) is 13.3 Å². The summed E-state index contributed by atoms with van der Waals surface area (Å²) in [6.45, 7) is 7.23. The van der Waals surface area contributed by atoms with E-state index >= 15 is 0 Å². The topological polar surface area (TPSA) is 72.8 Å². The zero-order chi connectivity index (χ0) is 19.9. The second kappa shape index (κ2) is 9.71. The van der Waals surface area contributed by atoms with Crippen LogP contribution in [0.25, 0.3) is 10.1 Å². The maximum Gasteiger partial charge on any atom is 0.362 e. The molecule has 0 unspecified atom stereocenters. The van der Waals surface area contributed by atoms with Gasteiger partial charge in [0.25, 0.3) is 0 Å². The van der Waals surface area contributed by atoms with E-state index < -0.39 is 0 Å². The molecule has 6 nitrogen and oxygen atoms in total. The van der Waals surface area contributed by atoms with Crippen LogP contribution >= 0.6 is 11.3 Å². The molecule has 1 aliphatic heterocycles. The van der Waals surface area contributed by atoms with E-state index in [2.05, 4.69) is 44.4 Å². The summed E-state index contributed by atoms with van der Waals surface area (Å²) >= 11 is 1.80. The highest BCUT2D eigenvalue weighted by molar-refractivity contribution is 7.17. The highest BCUT2D eigenvalue weighted by Crippen LogP contribution is 2.31. The van der Waals surface area contributed by atoms with Gasteiger partial charge in [-0.25, -0.2) is 4.99 Å². The Hall–Kier alpha value is -2.38. The summed E-state index contributed by atoms with van der Waals surface area (Å²) in [6, 6.07) is 8.80. The number of nitrogens with two attached hydrogens (primary N) is 1. The van der Waals surface area contributed by atoms with Crippen molar-refractivity contribution in [1.82, 2.24) is 4.90 Å². The number of benzene rings is 1. The lowest BCUT2D eigenvalue weighted by Gasteiger charge is -2.36. The van der Waals surface area contributed by atoms with Crippen LogP contribution in [0.2, 0.25) is 0 Å². The molecule has 2 heterocycles. The van der Waals surface area contributed by atoms with Crippen LogP contribution in [0.3, 0.4) is 0 Å². The van der Waals surface area contributed by atoms with Gasteiger partial charge in [0.15, 0.2) is 5.78 Å². The molecule has 1 aromatic carbocycles. The lowest BCUT2D eigenvalue weighted by Crippen LogP contribution is -2.68. The first-order valence-electron chi connectivity index (χ1n) is 9.67. The summed E-state index contributed by atoms with van der Waals surface area (Å²) in [7, 11) is 1.76. The molecular weight excluding hydrogens is 372 g/mol. The number of nitrogens with zero attached hydrogens (tertiary/aromatic N) is 2. The Labute approximate surface area is 170 Å². The van der Waals surface area contributed by atoms with E-state index in [1.54, 1.807) is 24.5 Å². The molecular formula is C21H29N4O2S+. The van der Waals surface area contributed by atoms with E-state index in [-0.39, 0.29) is 11.5 Å². The maximum absolute atomic E-state index is 11.2. The van der Waals surface area contributed by atoms with Gasteiger partial charge in [-0.15, -0.1) is 11.3 Å². The van der Waals surface area contributed by atoms with Crippen molar-refractivity contribution in [3.8, 4) is 0 Å². The monoisotopic (exact) mass is 401 g/mol. The van der Waals surface area contributed by atoms with Gasteiger partial charge in [-0.2, -0.15) is 0 Å². The Kier molecular flexibility index (Phi) is 7.06. The third-order valence-electron chi connectivity index (χ3n) is 5.00. The lowest BCUT2D eigenvalue weighted by molar-refractivity contribution is -0.430. The Morgan fingerprint density at radius 3 is 2.79 bits per heavy atom. The summed E-state index contributed by atoms with van der Waals surface area (Å²) in [6.07, 6.45) is 2.48. The van der Waals surface area contributed by atoms with Crippen LogP contribution in [0.1, 0.15) is 13.3 Å². The largest absolute Gasteiger partial charge is 0.445 e. The first-order chi connectivity index (χ1) is 13.6. The molecule has 0 radical (unpaired) electrons. The van der Waals surface area contributed by atoms with Gasteiger partial charge in [0.1, 0.15) is 7.05 Å². The third-order valence-corrected chi connectivity index (χ3v) is 5.88. The second-order valence-electron chi connectivity index (χ2n) is 6.91. The number of hydrogen-bond donors (Lipinski definition) is 2. The molecule has 150 valence electrons. The Morgan fingerprint density at radius 1 is 1.29 bits per heavy atom. The SMILES string of the molecule is C[NH+]=C(C=C(N)C(C)=O)OCCCN1CCN(c2cccc3sccc23)CC1. The van der Waals surface area contributed by atoms with Crippen LogP contribution in [-0.2, 0) is 9.53 Å². The van der Waals surface area contributed by atoms with Crippen LogP contribution in [-0.4, -0.2) is 63.0 Å². The van der Waals surface area contributed by atoms with Crippen molar-refractivity contribution >= 4 is 38.8 Å². The fourth-order valence-electron chi connectivity index (χ4n) is 3.37. The molecule has 0 bridgehead atoms.